The summed E-state index contributed by atoms with van der Waals surface area (Å²) in [5.41, 5.74) is 6.35. The molecule has 1 aliphatic rings. The van der Waals surface area contributed by atoms with Crippen LogP contribution in [0.5, 0.6) is 0 Å². The molecule has 1 aliphatic heterocycles. The Morgan fingerprint density at radius 3 is 2.13 bits per heavy atom. The predicted molar refractivity (Wildman–Crippen MR) is 126 cm³/mol. The van der Waals surface area contributed by atoms with Crippen LogP contribution in [0.25, 0.3) is 10.9 Å². The zero-order chi connectivity index (χ0) is 21.5. The highest BCUT2D eigenvalue weighted by atomic mass is 16.1. The number of hydrogen-bond acceptors (Lipinski definition) is 4. The molecule has 4 aromatic rings. The number of H-pyrrole nitrogens is 1. The molecule has 0 radical (unpaired) electrons. The van der Waals surface area contributed by atoms with Crippen LogP contribution in [0.3, 0.4) is 0 Å². The first-order valence-electron chi connectivity index (χ1n) is 10.4. The van der Waals surface area contributed by atoms with Crippen LogP contribution in [0, 0.1) is 13.8 Å². The smallest absolute Gasteiger partial charge is 0.198 e. The summed E-state index contributed by atoms with van der Waals surface area (Å²) in [7, 11) is 0. The number of fused-ring (bicyclic) bond motifs is 1. The van der Waals surface area contributed by atoms with Crippen LogP contribution in [-0.4, -0.2) is 16.6 Å². The SMILES string of the molecule is CC(=O)C1=NN(c2ccc(C)cc2)C(c2c[nH]c3ccccc23)N1c1ccc(C)cc1. The lowest BCUT2D eigenvalue weighted by molar-refractivity contribution is -0.111. The number of anilines is 2. The summed E-state index contributed by atoms with van der Waals surface area (Å²) in [6.07, 6.45) is 1.73. The fourth-order valence-corrected chi connectivity index (χ4v) is 4.11. The molecule has 154 valence electrons. The maximum absolute atomic E-state index is 12.7. The second-order valence-corrected chi connectivity index (χ2v) is 8.03. The Morgan fingerprint density at radius 2 is 1.48 bits per heavy atom. The van der Waals surface area contributed by atoms with Crippen molar-refractivity contribution in [3.8, 4) is 0 Å². The molecular weight excluding hydrogens is 384 g/mol. The fraction of sp³-hybridized carbons (Fsp3) is 0.154. The van der Waals surface area contributed by atoms with Gasteiger partial charge in [0.2, 0.25) is 0 Å². The molecule has 1 unspecified atom stereocenters. The maximum atomic E-state index is 12.7. The molecule has 0 aliphatic carbocycles. The van der Waals surface area contributed by atoms with Gasteiger partial charge >= 0.3 is 0 Å². The van der Waals surface area contributed by atoms with Crippen molar-refractivity contribution in [3.05, 3.63) is 95.7 Å². The van der Waals surface area contributed by atoms with E-state index in [1.54, 1.807) is 6.92 Å². The highest BCUT2D eigenvalue weighted by molar-refractivity contribution is 6.44. The number of Topliss-reactive ketones (excluding diaryl/α,β-unsaturated/α-hetero) is 1. The van der Waals surface area contributed by atoms with Gasteiger partial charge in [0.25, 0.3) is 0 Å². The van der Waals surface area contributed by atoms with Gasteiger partial charge in [-0.05, 0) is 44.2 Å². The summed E-state index contributed by atoms with van der Waals surface area (Å²) in [5.74, 6) is 0.361. The third-order valence-corrected chi connectivity index (χ3v) is 5.73. The lowest BCUT2D eigenvalue weighted by Gasteiger charge is -2.31. The van der Waals surface area contributed by atoms with Crippen molar-refractivity contribution in [1.82, 2.24) is 4.98 Å². The van der Waals surface area contributed by atoms with Crippen molar-refractivity contribution in [3.63, 3.8) is 0 Å². The molecule has 0 saturated carbocycles. The second kappa shape index (κ2) is 7.43. The lowest BCUT2D eigenvalue weighted by Crippen LogP contribution is -2.37. The Morgan fingerprint density at radius 1 is 0.871 bits per heavy atom. The van der Waals surface area contributed by atoms with E-state index in [0.29, 0.717) is 5.84 Å². The summed E-state index contributed by atoms with van der Waals surface area (Å²) >= 11 is 0. The fourth-order valence-electron chi connectivity index (χ4n) is 4.11. The molecule has 1 N–H and O–H groups in total. The van der Waals surface area contributed by atoms with E-state index < -0.39 is 0 Å². The van der Waals surface area contributed by atoms with Crippen LogP contribution >= 0.6 is 0 Å². The zero-order valence-corrected chi connectivity index (χ0v) is 17.8. The topological polar surface area (TPSA) is 51.7 Å². The number of hydrazone groups is 1. The monoisotopic (exact) mass is 408 g/mol. The molecule has 2 heterocycles. The van der Waals surface area contributed by atoms with Crippen LogP contribution in [0.15, 0.2) is 84.1 Å². The van der Waals surface area contributed by atoms with Gasteiger partial charge in [-0.1, -0.05) is 53.6 Å². The molecule has 1 atom stereocenters. The number of ketones is 1. The molecule has 3 aromatic carbocycles. The van der Waals surface area contributed by atoms with Crippen LogP contribution in [0.4, 0.5) is 11.4 Å². The van der Waals surface area contributed by atoms with E-state index in [0.717, 1.165) is 27.8 Å². The van der Waals surface area contributed by atoms with Crippen LogP contribution in [0.2, 0.25) is 0 Å². The summed E-state index contributed by atoms with van der Waals surface area (Å²) < 4.78 is 0. The second-order valence-electron chi connectivity index (χ2n) is 8.03. The van der Waals surface area contributed by atoms with E-state index in [2.05, 4.69) is 67.4 Å². The normalized spacial score (nSPS) is 16.1. The third kappa shape index (κ3) is 3.28. The Balaban J connectivity index is 1.73. The quantitative estimate of drug-likeness (QED) is 0.470. The van der Waals surface area contributed by atoms with Gasteiger partial charge in [0, 0.05) is 35.3 Å². The van der Waals surface area contributed by atoms with Crippen molar-refractivity contribution >= 4 is 33.9 Å². The number of hydrogen-bond donors (Lipinski definition) is 1. The van der Waals surface area contributed by atoms with Gasteiger partial charge in [0.1, 0.15) is 0 Å². The van der Waals surface area contributed by atoms with Crippen molar-refractivity contribution in [1.29, 1.82) is 0 Å². The van der Waals surface area contributed by atoms with Crippen molar-refractivity contribution in [2.24, 2.45) is 5.10 Å². The number of para-hydroxylation sites is 1. The van der Waals surface area contributed by atoms with E-state index in [1.165, 1.54) is 11.1 Å². The van der Waals surface area contributed by atoms with E-state index in [4.69, 9.17) is 5.10 Å². The molecule has 0 amide bonds. The Bertz CT molecular complexity index is 1290. The molecule has 0 fully saturated rings. The van der Waals surface area contributed by atoms with E-state index in [-0.39, 0.29) is 11.9 Å². The van der Waals surface area contributed by atoms with Gasteiger partial charge in [-0.2, -0.15) is 0 Å². The first-order valence-corrected chi connectivity index (χ1v) is 10.4. The first-order chi connectivity index (χ1) is 15.0. The number of carbonyl (C=O) groups is 1. The van der Waals surface area contributed by atoms with E-state index in [9.17, 15) is 4.79 Å². The van der Waals surface area contributed by atoms with Gasteiger partial charge in [0.05, 0.1) is 5.69 Å². The standard InChI is InChI=1S/C26H24N4O/c1-17-8-12-20(13-9-17)29-25(19(3)31)28-30(21-14-10-18(2)11-15-21)26(29)23-16-27-24-7-5-4-6-22(23)24/h4-16,26-27H,1-3H3. The highest BCUT2D eigenvalue weighted by Crippen LogP contribution is 2.41. The van der Waals surface area contributed by atoms with Crippen molar-refractivity contribution in [2.75, 3.05) is 9.91 Å². The summed E-state index contributed by atoms with van der Waals surface area (Å²) in [5, 5.41) is 7.89. The average molecular weight is 409 g/mol. The average Bonchev–Trinajstić information content (AvgIpc) is 3.36. The van der Waals surface area contributed by atoms with Crippen LogP contribution < -0.4 is 9.91 Å². The first kappa shape index (κ1) is 19.1. The molecule has 5 heteroatoms. The number of aromatic nitrogens is 1. The van der Waals surface area contributed by atoms with Gasteiger partial charge in [-0.25, -0.2) is 5.01 Å². The number of benzene rings is 3. The molecule has 0 spiro atoms. The number of rotatable bonds is 4. The summed E-state index contributed by atoms with van der Waals surface area (Å²) in [6.45, 7) is 5.70. The number of carbonyl (C=O) groups excluding carboxylic acids is 1. The van der Waals surface area contributed by atoms with E-state index in [1.807, 2.05) is 40.4 Å². The van der Waals surface area contributed by atoms with Crippen molar-refractivity contribution < 1.29 is 4.79 Å². The number of aromatic amines is 1. The Hall–Kier alpha value is -3.86. The minimum absolute atomic E-state index is 0.0694. The highest BCUT2D eigenvalue weighted by Gasteiger charge is 2.40. The van der Waals surface area contributed by atoms with Gasteiger partial charge in [-0.15, -0.1) is 5.10 Å². The molecule has 31 heavy (non-hydrogen) atoms. The number of nitrogens with zero attached hydrogens (tertiary/aromatic N) is 3. The lowest BCUT2D eigenvalue weighted by atomic mass is 10.1. The minimum Gasteiger partial charge on any atom is -0.361 e. The zero-order valence-electron chi connectivity index (χ0n) is 17.8. The number of amidine groups is 1. The number of nitrogens with one attached hydrogen (secondary N) is 1. The largest absolute Gasteiger partial charge is 0.361 e. The Labute approximate surface area is 181 Å². The molecule has 5 rings (SSSR count). The molecule has 5 nitrogen and oxygen atoms in total. The minimum atomic E-state index is -0.291. The molecule has 1 aromatic heterocycles. The van der Waals surface area contributed by atoms with Gasteiger partial charge in [0.15, 0.2) is 17.8 Å². The summed E-state index contributed by atoms with van der Waals surface area (Å²) in [6, 6.07) is 24.7. The Kier molecular flexibility index (Phi) is 4.59. The maximum Gasteiger partial charge on any atom is 0.198 e. The van der Waals surface area contributed by atoms with Crippen LogP contribution in [-0.2, 0) is 4.79 Å². The third-order valence-electron chi connectivity index (χ3n) is 5.73. The predicted octanol–water partition coefficient (Wildman–Crippen LogP) is 5.71. The molecule has 0 saturated heterocycles. The van der Waals surface area contributed by atoms with Gasteiger partial charge < -0.3 is 4.98 Å². The molecule has 0 bridgehead atoms. The number of aryl methyl sites for hydroxylation is 2. The van der Waals surface area contributed by atoms with Crippen LogP contribution in [0.1, 0.15) is 29.8 Å². The summed E-state index contributed by atoms with van der Waals surface area (Å²) in [4.78, 5) is 18.1. The van der Waals surface area contributed by atoms with Gasteiger partial charge in [-0.3, -0.25) is 9.69 Å². The van der Waals surface area contributed by atoms with E-state index >= 15 is 0 Å². The van der Waals surface area contributed by atoms with Crippen molar-refractivity contribution in [2.45, 2.75) is 26.9 Å². The molecular formula is C26H24N4O.